The molecule has 0 unspecified atom stereocenters. The highest BCUT2D eigenvalue weighted by atomic mass is 28.4. The second-order valence-electron chi connectivity index (χ2n) is 23.1. The molecule has 4 atom stereocenters. The first-order chi connectivity index (χ1) is 34.3. The Hall–Kier alpha value is -4.69. The number of hydrogen-bond donors (Lipinski definition) is 0. The third-order valence-corrected chi connectivity index (χ3v) is 29.5. The lowest BCUT2D eigenvalue weighted by Gasteiger charge is -2.44. The zero-order valence-electron chi connectivity index (χ0n) is 44.7. The second-order valence-corrected chi connectivity index (χ2v) is 34.0. The van der Waals surface area contributed by atoms with Gasteiger partial charge in [0.15, 0.2) is 5.82 Å². The molecule has 3 aromatic carbocycles. The number of pyridine rings is 1. The maximum Gasteiger partial charge on any atom is 0.319 e. The molecule has 5 heterocycles. The van der Waals surface area contributed by atoms with Gasteiger partial charge in [-0.15, -0.1) is 5.54 Å². The molecule has 386 valence electrons. The summed E-state index contributed by atoms with van der Waals surface area (Å²) in [6.07, 6.45) is 2.71. The van der Waals surface area contributed by atoms with E-state index in [2.05, 4.69) is 116 Å². The largest absolute Gasteiger partial charge is 0.543 e. The highest BCUT2D eigenvalue weighted by Crippen LogP contribution is 2.49. The minimum absolute atomic E-state index is 0.00510. The van der Waals surface area contributed by atoms with Gasteiger partial charge < -0.3 is 23.5 Å². The molecule has 14 heteroatoms. The Balaban J connectivity index is 1.27. The monoisotopic (exact) mass is 1020 g/mol. The maximum atomic E-state index is 18.6. The molecule has 9 nitrogen and oxygen atoms in total. The maximum absolute atomic E-state index is 18.6. The van der Waals surface area contributed by atoms with Crippen LogP contribution in [0.25, 0.3) is 32.9 Å². The van der Waals surface area contributed by atoms with E-state index in [4.69, 9.17) is 33.6 Å². The van der Waals surface area contributed by atoms with Gasteiger partial charge in [0, 0.05) is 23.9 Å². The quantitative estimate of drug-likeness (QED) is 0.0709. The minimum atomic E-state index is -2.57. The number of aromatic nitrogens is 3. The number of fused-ring (bicyclic) bond motifs is 2. The molecule has 3 fully saturated rings. The van der Waals surface area contributed by atoms with Gasteiger partial charge in [-0.25, -0.2) is 18.2 Å². The molecule has 3 aliphatic heterocycles. The fourth-order valence-corrected chi connectivity index (χ4v) is 24.1. The van der Waals surface area contributed by atoms with Crippen molar-refractivity contribution in [3.63, 3.8) is 0 Å². The van der Waals surface area contributed by atoms with Crippen molar-refractivity contribution in [1.82, 2.24) is 19.9 Å². The van der Waals surface area contributed by atoms with Crippen molar-refractivity contribution < 1.29 is 31.8 Å². The van der Waals surface area contributed by atoms with E-state index in [1.807, 2.05) is 30.3 Å². The average Bonchev–Trinajstić information content (AvgIpc) is 3.79. The Kier molecular flexibility index (Phi) is 14.9. The topological polar surface area (TPSA) is 82.1 Å². The van der Waals surface area contributed by atoms with Crippen LogP contribution in [0.15, 0.2) is 54.6 Å². The molecule has 9 rings (SSSR count). The van der Waals surface area contributed by atoms with Crippen molar-refractivity contribution in [3.05, 3.63) is 77.4 Å². The van der Waals surface area contributed by atoms with Crippen LogP contribution >= 0.6 is 0 Å². The molecule has 2 saturated heterocycles. The van der Waals surface area contributed by atoms with Gasteiger partial charge in [0.1, 0.15) is 61.4 Å². The van der Waals surface area contributed by atoms with Gasteiger partial charge in [0.05, 0.1) is 36.4 Å². The Morgan fingerprint density at radius 1 is 0.819 bits per heavy atom. The number of ether oxygens (including phenoxy) is 3. The molecular weight excluding hydrogens is 944 g/mol. The van der Waals surface area contributed by atoms with Crippen molar-refractivity contribution in [2.45, 2.75) is 179 Å². The average molecular weight is 1020 g/mol. The van der Waals surface area contributed by atoms with Crippen LogP contribution in [-0.2, 0) is 11.3 Å². The summed E-state index contributed by atoms with van der Waals surface area (Å²) in [4.78, 5) is 19.4. The lowest BCUT2D eigenvalue weighted by molar-refractivity contribution is -0.0275. The van der Waals surface area contributed by atoms with Gasteiger partial charge in [0.25, 0.3) is 8.32 Å². The first-order valence-electron chi connectivity index (χ1n) is 26.8. The smallest absolute Gasteiger partial charge is 0.319 e. The summed E-state index contributed by atoms with van der Waals surface area (Å²) in [7, 11) is -4.94. The molecule has 5 aromatic rings. The zero-order valence-corrected chi connectivity index (χ0v) is 46.7. The number of alkyl halides is 1. The molecule has 0 radical (unpaired) electrons. The van der Waals surface area contributed by atoms with Gasteiger partial charge in [-0.05, 0) is 94.6 Å². The molecule has 0 bridgehead atoms. The summed E-state index contributed by atoms with van der Waals surface area (Å²) in [5.74, 6) is 3.43. The van der Waals surface area contributed by atoms with Crippen molar-refractivity contribution in [2.24, 2.45) is 0 Å². The number of nitrogens with zero attached hydrogens (tertiary/aromatic N) is 5. The zero-order chi connectivity index (χ0) is 51.4. The van der Waals surface area contributed by atoms with E-state index in [1.165, 1.54) is 6.07 Å². The fourth-order valence-electron chi connectivity index (χ4n) is 13.7. The molecule has 1 aliphatic carbocycles. The van der Waals surface area contributed by atoms with Crippen molar-refractivity contribution in [1.29, 1.82) is 0 Å². The first kappa shape index (κ1) is 52.2. The second kappa shape index (κ2) is 20.6. The lowest BCUT2D eigenvalue weighted by Crippen LogP contribution is -2.53. The SMILES string of the molecule is CC(C)[Si](C#Cc1c(F)ccc2cc(O[Si](C(C)C)(C(C)C)C(C)C)cc(-c3nc4c5c(nc(OC[C@@]67CCCN6C[C@H](F)C7)nc5c3F)N([C@H]3CC[C@H]3OCc3ccccc3)CCO4)c12)(C(C)C)C(C)C. The Labute approximate surface area is 428 Å². The summed E-state index contributed by atoms with van der Waals surface area (Å²) >= 11 is 0. The van der Waals surface area contributed by atoms with Crippen LogP contribution in [0.1, 0.15) is 126 Å². The van der Waals surface area contributed by atoms with E-state index in [0.717, 1.165) is 37.8 Å². The lowest BCUT2D eigenvalue weighted by atomic mass is 9.87. The van der Waals surface area contributed by atoms with Crippen LogP contribution in [0.3, 0.4) is 0 Å². The number of hydrogen-bond acceptors (Lipinski definition) is 9. The van der Waals surface area contributed by atoms with E-state index >= 15 is 13.2 Å². The summed E-state index contributed by atoms with van der Waals surface area (Å²) < 4.78 is 77.6. The third kappa shape index (κ3) is 9.21. The number of rotatable bonds is 16. The van der Waals surface area contributed by atoms with Crippen LogP contribution in [0, 0.1) is 23.1 Å². The van der Waals surface area contributed by atoms with E-state index < -0.39 is 39.7 Å². The van der Waals surface area contributed by atoms with Crippen LogP contribution in [-0.4, -0.2) is 92.9 Å². The number of halogens is 3. The summed E-state index contributed by atoms with van der Waals surface area (Å²) in [6.45, 7) is 29.2. The van der Waals surface area contributed by atoms with Crippen LogP contribution in [0.5, 0.6) is 17.6 Å². The Morgan fingerprint density at radius 3 is 2.18 bits per heavy atom. The van der Waals surface area contributed by atoms with Gasteiger partial charge in [-0.3, -0.25) is 4.90 Å². The first-order valence-corrected chi connectivity index (χ1v) is 31.1. The molecule has 4 aliphatic rings. The van der Waals surface area contributed by atoms with E-state index in [0.29, 0.717) is 76.0 Å². The predicted octanol–water partition coefficient (Wildman–Crippen LogP) is 14.1. The summed E-state index contributed by atoms with van der Waals surface area (Å²) in [5.41, 5.74) is 6.46. The van der Waals surface area contributed by atoms with Crippen molar-refractivity contribution in [3.8, 4) is 40.4 Å². The highest BCUT2D eigenvalue weighted by Gasteiger charge is 2.50. The molecular formula is C58H76F3N5O4Si2. The van der Waals surface area contributed by atoms with Gasteiger partial charge in [-0.2, -0.15) is 9.97 Å². The number of benzene rings is 3. The molecule has 0 amide bonds. The summed E-state index contributed by atoms with van der Waals surface area (Å²) in [5, 5.41) is 1.45. The Morgan fingerprint density at radius 2 is 1.53 bits per heavy atom. The summed E-state index contributed by atoms with van der Waals surface area (Å²) in [6, 6.07) is 17.0. The molecule has 72 heavy (non-hydrogen) atoms. The predicted molar refractivity (Wildman–Crippen MR) is 289 cm³/mol. The van der Waals surface area contributed by atoms with E-state index in [-0.39, 0.29) is 70.6 Å². The molecule has 0 spiro atoms. The highest BCUT2D eigenvalue weighted by molar-refractivity contribution is 6.90. The van der Waals surface area contributed by atoms with E-state index in [1.54, 1.807) is 6.07 Å². The fraction of sp³-hybridized carbons (Fsp3) is 0.569. The minimum Gasteiger partial charge on any atom is -0.543 e. The standard InChI is InChI=1S/C58H76F3N5O4Si2/c1-35(2)71(36(3)4,37(5)6)28-23-45-47(60)20-19-42-29-44(70-72(38(7)8,39(9)10)40(11)12)30-46(50(42)45)53-52(61)54-51-55(64-57(63-54)69-34-58-24-16-25-65(58)32-43(59)31-58)66(26-27-67-56(51)62-53)48-21-22-49(48)68-33-41-17-14-13-15-18-41/h13-15,17-20,29-30,35-40,43,48-49H,16,21-22,24-27,31-34H2,1-12H3/t43-,48+,49-,58+/m1/s1. The molecule has 1 saturated carbocycles. The van der Waals surface area contributed by atoms with Crippen molar-refractivity contribution in [2.75, 3.05) is 37.7 Å². The van der Waals surface area contributed by atoms with Crippen LogP contribution in [0.4, 0.5) is 19.0 Å². The number of anilines is 1. The van der Waals surface area contributed by atoms with E-state index in [9.17, 15) is 0 Å². The van der Waals surface area contributed by atoms with Gasteiger partial charge in [-0.1, -0.05) is 125 Å². The molecule has 2 aromatic heterocycles. The van der Waals surface area contributed by atoms with Crippen LogP contribution < -0.4 is 18.8 Å². The third-order valence-electron chi connectivity index (χ3n) is 17.2. The van der Waals surface area contributed by atoms with Gasteiger partial charge >= 0.3 is 6.01 Å². The van der Waals surface area contributed by atoms with Crippen molar-refractivity contribution >= 4 is 43.9 Å². The van der Waals surface area contributed by atoms with Crippen LogP contribution in [0.2, 0.25) is 33.2 Å². The molecule has 0 N–H and O–H groups in total. The van der Waals surface area contributed by atoms with Gasteiger partial charge in [0.2, 0.25) is 5.88 Å². The normalized spacial score (nSPS) is 21.5. The Bertz CT molecular complexity index is 2810.